The number of nitrogens with zero attached hydrogens (tertiary/aromatic N) is 1. The molecule has 5 heteroatoms. The first kappa shape index (κ1) is 16.7. The summed E-state index contributed by atoms with van der Waals surface area (Å²) in [6.45, 7) is 6.94. The first-order chi connectivity index (χ1) is 11.3. The lowest BCUT2D eigenvalue weighted by atomic mass is 9.88. The van der Waals surface area contributed by atoms with Crippen LogP contribution in [0.5, 0.6) is 0 Å². The predicted molar refractivity (Wildman–Crippen MR) is 95.4 cm³/mol. The van der Waals surface area contributed by atoms with E-state index in [2.05, 4.69) is 31.7 Å². The average Bonchev–Trinajstić information content (AvgIpc) is 2.99. The van der Waals surface area contributed by atoms with Crippen LogP contribution in [-0.4, -0.2) is 18.6 Å². The number of halogens is 1. The largest absolute Gasteiger partial charge is 0.463 e. The van der Waals surface area contributed by atoms with E-state index in [0.717, 1.165) is 11.3 Å². The summed E-state index contributed by atoms with van der Waals surface area (Å²) in [5.41, 5.74) is 3.22. The molecule has 1 aliphatic rings. The fourth-order valence-electron chi connectivity index (χ4n) is 3.17. The zero-order valence-electron chi connectivity index (χ0n) is 14.2. The topological polar surface area (TPSA) is 42.7 Å². The van der Waals surface area contributed by atoms with Crippen molar-refractivity contribution in [3.05, 3.63) is 58.5 Å². The Morgan fingerprint density at radius 3 is 2.75 bits per heavy atom. The third-order valence-electron chi connectivity index (χ3n) is 4.30. The lowest BCUT2D eigenvalue weighted by Crippen LogP contribution is -2.44. The van der Waals surface area contributed by atoms with Gasteiger partial charge in [-0.3, -0.25) is 0 Å². The summed E-state index contributed by atoms with van der Waals surface area (Å²) in [6, 6.07) is 9.35. The summed E-state index contributed by atoms with van der Waals surface area (Å²) in [5.74, 6) is 0.449. The standard InChI is InChI=1S/C19H20ClNO3/c1-12-10-19(2,3)21(16-7-5-13(20)9-15(12)16)11-14-6-8-17(24-14)18(22)23-4/h5-10H,11H2,1-4H3. The highest BCUT2D eigenvalue weighted by Gasteiger charge is 2.32. The second kappa shape index (κ2) is 6.02. The fraction of sp³-hybridized carbons (Fsp3) is 0.316. The summed E-state index contributed by atoms with van der Waals surface area (Å²) in [5, 5.41) is 0.715. The molecule has 0 radical (unpaired) electrons. The third-order valence-corrected chi connectivity index (χ3v) is 4.54. The van der Waals surface area contributed by atoms with E-state index >= 15 is 0 Å². The zero-order valence-corrected chi connectivity index (χ0v) is 15.0. The number of allylic oxidation sites excluding steroid dienone is 1. The van der Waals surface area contributed by atoms with Crippen LogP contribution in [0.4, 0.5) is 5.69 Å². The molecule has 3 rings (SSSR count). The molecule has 0 fully saturated rings. The van der Waals surface area contributed by atoms with Crippen molar-refractivity contribution in [3.63, 3.8) is 0 Å². The van der Waals surface area contributed by atoms with Crippen molar-refractivity contribution in [1.29, 1.82) is 0 Å². The highest BCUT2D eigenvalue weighted by atomic mass is 35.5. The molecular formula is C19H20ClNO3. The molecule has 126 valence electrons. The third kappa shape index (κ3) is 2.94. The number of methoxy groups -OCH3 is 1. The number of carbonyl (C=O) groups is 1. The van der Waals surface area contributed by atoms with Gasteiger partial charge in [0.25, 0.3) is 0 Å². The molecule has 0 N–H and O–H groups in total. The summed E-state index contributed by atoms with van der Waals surface area (Å²) in [6.07, 6.45) is 2.22. The Kier molecular flexibility index (Phi) is 4.18. The Bertz CT molecular complexity index is 820. The predicted octanol–water partition coefficient (Wildman–Crippen LogP) is 4.92. The molecule has 0 aliphatic carbocycles. The monoisotopic (exact) mass is 345 g/mol. The van der Waals surface area contributed by atoms with Gasteiger partial charge in [-0.05, 0) is 56.7 Å². The molecule has 4 nitrogen and oxygen atoms in total. The van der Waals surface area contributed by atoms with E-state index in [1.165, 1.54) is 12.7 Å². The van der Waals surface area contributed by atoms with Crippen molar-refractivity contribution in [2.24, 2.45) is 0 Å². The molecule has 1 aromatic heterocycles. The minimum atomic E-state index is -0.470. The number of carbonyl (C=O) groups excluding carboxylic acids is 1. The van der Waals surface area contributed by atoms with Crippen LogP contribution in [0.1, 0.15) is 42.6 Å². The number of ether oxygens (including phenoxy) is 1. The van der Waals surface area contributed by atoms with E-state index < -0.39 is 5.97 Å². The van der Waals surface area contributed by atoms with Crippen LogP contribution in [0.2, 0.25) is 5.02 Å². The Balaban J connectivity index is 1.98. The normalized spacial score (nSPS) is 15.7. The van der Waals surface area contributed by atoms with E-state index in [9.17, 15) is 4.79 Å². The summed E-state index contributed by atoms with van der Waals surface area (Å²) in [4.78, 5) is 13.8. The maximum Gasteiger partial charge on any atom is 0.373 e. The van der Waals surface area contributed by atoms with Crippen LogP contribution in [0, 0.1) is 0 Å². The van der Waals surface area contributed by atoms with E-state index in [0.29, 0.717) is 17.3 Å². The van der Waals surface area contributed by atoms with E-state index in [1.54, 1.807) is 6.07 Å². The van der Waals surface area contributed by atoms with Gasteiger partial charge in [0, 0.05) is 16.3 Å². The zero-order chi connectivity index (χ0) is 17.5. The van der Waals surface area contributed by atoms with Crippen LogP contribution < -0.4 is 4.90 Å². The highest BCUT2D eigenvalue weighted by molar-refractivity contribution is 6.30. The van der Waals surface area contributed by atoms with Gasteiger partial charge in [0.1, 0.15) is 5.76 Å². The van der Waals surface area contributed by atoms with Crippen molar-refractivity contribution >= 4 is 28.8 Å². The molecule has 1 aromatic carbocycles. The number of esters is 1. The van der Waals surface area contributed by atoms with Gasteiger partial charge in [0.15, 0.2) is 0 Å². The quantitative estimate of drug-likeness (QED) is 0.740. The van der Waals surface area contributed by atoms with Crippen LogP contribution in [-0.2, 0) is 11.3 Å². The van der Waals surface area contributed by atoms with Gasteiger partial charge in [0.2, 0.25) is 5.76 Å². The van der Waals surface area contributed by atoms with Gasteiger partial charge >= 0.3 is 5.97 Å². The molecule has 24 heavy (non-hydrogen) atoms. The van der Waals surface area contributed by atoms with Crippen molar-refractivity contribution in [3.8, 4) is 0 Å². The fourth-order valence-corrected chi connectivity index (χ4v) is 3.35. The van der Waals surface area contributed by atoms with Crippen molar-refractivity contribution in [1.82, 2.24) is 0 Å². The molecule has 0 amide bonds. The molecule has 0 unspecified atom stereocenters. The number of hydrogen-bond acceptors (Lipinski definition) is 4. The molecular weight excluding hydrogens is 326 g/mol. The van der Waals surface area contributed by atoms with Gasteiger partial charge < -0.3 is 14.1 Å². The van der Waals surface area contributed by atoms with E-state index in [4.69, 9.17) is 20.8 Å². The Morgan fingerprint density at radius 2 is 2.04 bits per heavy atom. The van der Waals surface area contributed by atoms with Crippen LogP contribution in [0.3, 0.4) is 0 Å². The maximum absolute atomic E-state index is 11.6. The second-order valence-electron chi connectivity index (χ2n) is 6.49. The van der Waals surface area contributed by atoms with Gasteiger partial charge in [-0.15, -0.1) is 0 Å². The molecule has 0 atom stereocenters. The molecule has 0 saturated heterocycles. The lowest BCUT2D eigenvalue weighted by molar-refractivity contribution is 0.0563. The summed E-state index contributed by atoms with van der Waals surface area (Å²) < 4.78 is 10.3. The van der Waals surface area contributed by atoms with Crippen molar-refractivity contribution in [2.75, 3.05) is 12.0 Å². The molecule has 0 spiro atoms. The Hall–Kier alpha value is -2.20. The maximum atomic E-state index is 11.6. The highest BCUT2D eigenvalue weighted by Crippen LogP contribution is 2.40. The second-order valence-corrected chi connectivity index (χ2v) is 6.92. The van der Waals surface area contributed by atoms with Crippen LogP contribution >= 0.6 is 11.6 Å². The summed E-state index contributed by atoms with van der Waals surface area (Å²) >= 11 is 6.16. The number of hydrogen-bond donors (Lipinski definition) is 0. The Labute approximate surface area is 146 Å². The number of rotatable bonds is 3. The number of anilines is 1. The SMILES string of the molecule is COC(=O)c1ccc(CN2c3ccc(Cl)cc3C(C)=CC2(C)C)o1. The molecule has 2 aromatic rings. The molecule has 0 bridgehead atoms. The van der Waals surface area contributed by atoms with Crippen molar-refractivity contribution < 1.29 is 13.9 Å². The van der Waals surface area contributed by atoms with Crippen LogP contribution in [0.15, 0.2) is 40.8 Å². The lowest BCUT2D eigenvalue weighted by Gasteiger charge is -2.43. The molecule has 1 aliphatic heterocycles. The minimum Gasteiger partial charge on any atom is -0.463 e. The van der Waals surface area contributed by atoms with Crippen LogP contribution in [0.25, 0.3) is 5.57 Å². The first-order valence-electron chi connectivity index (χ1n) is 7.76. The number of benzene rings is 1. The first-order valence-corrected chi connectivity index (χ1v) is 8.13. The molecule has 0 saturated carbocycles. The Morgan fingerprint density at radius 1 is 1.29 bits per heavy atom. The minimum absolute atomic E-state index is 0.191. The summed E-state index contributed by atoms with van der Waals surface area (Å²) in [7, 11) is 1.34. The van der Waals surface area contributed by atoms with Crippen molar-refractivity contribution in [2.45, 2.75) is 32.9 Å². The van der Waals surface area contributed by atoms with Gasteiger partial charge in [0.05, 0.1) is 19.2 Å². The van der Waals surface area contributed by atoms with Gasteiger partial charge in [-0.25, -0.2) is 4.79 Å². The molecule has 2 heterocycles. The van der Waals surface area contributed by atoms with Gasteiger partial charge in [-0.1, -0.05) is 17.7 Å². The van der Waals surface area contributed by atoms with E-state index in [-0.39, 0.29) is 11.3 Å². The number of fused-ring (bicyclic) bond motifs is 1. The number of furan rings is 1. The van der Waals surface area contributed by atoms with E-state index in [1.807, 2.05) is 24.3 Å². The average molecular weight is 346 g/mol. The van der Waals surface area contributed by atoms with Gasteiger partial charge in [-0.2, -0.15) is 0 Å². The smallest absolute Gasteiger partial charge is 0.373 e.